The minimum absolute atomic E-state index is 0.0918. The maximum atomic E-state index is 13.7. The number of halogens is 5. The van der Waals surface area contributed by atoms with E-state index >= 15 is 0 Å². The van der Waals surface area contributed by atoms with E-state index in [9.17, 15) is 36.6 Å². The maximum absolute atomic E-state index is 13.7. The number of likely N-dealkylation sites (N-methyl/N-ethyl adjacent to an activating group) is 1. The Balaban J connectivity index is 2.21. The molecule has 0 saturated carbocycles. The summed E-state index contributed by atoms with van der Waals surface area (Å²) in [5, 5.41) is 11.1. The number of aliphatic hydroxyl groups excluding tert-OH is 1. The monoisotopic (exact) mass is 402 g/mol. The van der Waals surface area contributed by atoms with Gasteiger partial charge in [0.25, 0.3) is 5.91 Å². The number of amides is 2. The molecule has 0 fully saturated rings. The Bertz CT molecular complexity index is 864. The van der Waals surface area contributed by atoms with Crippen molar-refractivity contribution in [2.24, 2.45) is 0 Å². The number of hydrogen-bond donors (Lipinski definition) is 2. The Kier molecular flexibility index (Phi) is 6.68. The van der Waals surface area contributed by atoms with Gasteiger partial charge in [0.05, 0.1) is 6.61 Å². The van der Waals surface area contributed by atoms with Crippen molar-refractivity contribution in [3.05, 3.63) is 70.5 Å². The van der Waals surface area contributed by atoms with Gasteiger partial charge >= 0.3 is 0 Å². The average molecular weight is 402 g/mol. The second kappa shape index (κ2) is 8.79. The molecule has 2 aromatic rings. The lowest BCUT2D eigenvalue weighted by Gasteiger charge is -2.23. The fourth-order valence-corrected chi connectivity index (χ4v) is 2.42. The van der Waals surface area contributed by atoms with Crippen LogP contribution >= 0.6 is 0 Å². The molecule has 1 atom stereocenters. The summed E-state index contributed by atoms with van der Waals surface area (Å²) in [6.07, 6.45) is 0. The Hall–Kier alpha value is -3.01. The summed E-state index contributed by atoms with van der Waals surface area (Å²) in [5.74, 6) is -14.2. The molecule has 2 rings (SSSR count). The molecule has 2 aromatic carbocycles. The molecule has 10 heteroatoms. The van der Waals surface area contributed by atoms with Gasteiger partial charge < -0.3 is 15.3 Å². The van der Waals surface area contributed by atoms with Gasteiger partial charge in [0.2, 0.25) is 11.7 Å². The largest absolute Gasteiger partial charge is 0.394 e. The van der Waals surface area contributed by atoms with Crippen molar-refractivity contribution in [3.8, 4) is 0 Å². The maximum Gasteiger partial charge on any atom is 0.258 e. The summed E-state index contributed by atoms with van der Waals surface area (Å²) in [6, 6.07) is 6.98. The minimum Gasteiger partial charge on any atom is -0.394 e. The molecule has 2 amide bonds. The van der Waals surface area contributed by atoms with Crippen molar-refractivity contribution in [2.45, 2.75) is 12.6 Å². The van der Waals surface area contributed by atoms with Gasteiger partial charge in [-0.05, 0) is 5.56 Å². The Morgan fingerprint density at radius 1 is 0.964 bits per heavy atom. The van der Waals surface area contributed by atoms with Gasteiger partial charge in [-0.3, -0.25) is 9.59 Å². The summed E-state index contributed by atoms with van der Waals surface area (Å²) in [6.45, 7) is -0.867. The minimum atomic E-state index is -2.41. The molecule has 28 heavy (non-hydrogen) atoms. The van der Waals surface area contributed by atoms with Crippen molar-refractivity contribution in [1.82, 2.24) is 10.2 Å². The molecule has 0 aromatic heterocycles. The van der Waals surface area contributed by atoms with E-state index in [0.29, 0.717) is 0 Å². The van der Waals surface area contributed by atoms with Crippen molar-refractivity contribution in [3.63, 3.8) is 0 Å². The highest BCUT2D eigenvalue weighted by atomic mass is 19.2. The smallest absolute Gasteiger partial charge is 0.258 e. The summed E-state index contributed by atoms with van der Waals surface area (Å²) < 4.78 is 67.0. The van der Waals surface area contributed by atoms with Crippen LogP contribution in [0.25, 0.3) is 0 Å². The number of benzene rings is 2. The van der Waals surface area contributed by atoms with E-state index in [1.54, 1.807) is 35.6 Å². The van der Waals surface area contributed by atoms with Crippen LogP contribution in [0.4, 0.5) is 22.0 Å². The van der Waals surface area contributed by atoms with Gasteiger partial charge in [0.15, 0.2) is 23.3 Å². The average Bonchev–Trinajstić information content (AvgIpc) is 2.69. The Morgan fingerprint density at radius 3 is 1.96 bits per heavy atom. The molecule has 0 saturated heterocycles. The molecule has 5 nitrogen and oxygen atoms in total. The molecule has 150 valence electrons. The van der Waals surface area contributed by atoms with Crippen LogP contribution in [0.5, 0.6) is 0 Å². The van der Waals surface area contributed by atoms with Gasteiger partial charge in [-0.15, -0.1) is 0 Å². The fourth-order valence-electron chi connectivity index (χ4n) is 2.42. The van der Waals surface area contributed by atoms with Crippen molar-refractivity contribution < 1.29 is 36.6 Å². The number of aliphatic hydroxyl groups is 1. The van der Waals surface area contributed by atoms with Crippen LogP contribution in [-0.2, 0) is 11.3 Å². The zero-order valence-corrected chi connectivity index (χ0v) is 14.5. The summed E-state index contributed by atoms with van der Waals surface area (Å²) in [5.41, 5.74) is -1.02. The van der Waals surface area contributed by atoms with Crippen LogP contribution in [0.2, 0.25) is 0 Å². The number of carbonyl (C=O) groups excluding carboxylic acids is 2. The number of rotatable bonds is 6. The SMILES string of the molecule is CN(Cc1ccccc1)C(=O)C(CO)NC(=O)c1c(F)c(F)c(F)c(F)c1F. The van der Waals surface area contributed by atoms with Gasteiger partial charge in [-0.2, -0.15) is 0 Å². The van der Waals surface area contributed by atoms with Crippen LogP contribution in [0.1, 0.15) is 15.9 Å². The molecule has 0 aliphatic rings. The highest BCUT2D eigenvalue weighted by Gasteiger charge is 2.32. The zero-order chi connectivity index (χ0) is 21.0. The van der Waals surface area contributed by atoms with Gasteiger partial charge in [-0.25, -0.2) is 22.0 Å². The summed E-state index contributed by atoms with van der Waals surface area (Å²) in [4.78, 5) is 25.5. The third kappa shape index (κ3) is 4.28. The Morgan fingerprint density at radius 2 is 1.46 bits per heavy atom. The quantitative estimate of drug-likeness (QED) is 0.442. The van der Waals surface area contributed by atoms with E-state index in [1.807, 2.05) is 0 Å². The van der Waals surface area contributed by atoms with E-state index in [-0.39, 0.29) is 6.54 Å². The molecule has 0 heterocycles. The van der Waals surface area contributed by atoms with Crippen LogP contribution < -0.4 is 5.32 Å². The van der Waals surface area contributed by atoms with Crippen LogP contribution in [-0.4, -0.2) is 41.5 Å². The summed E-state index contributed by atoms with van der Waals surface area (Å²) in [7, 11) is 1.35. The first kappa shape index (κ1) is 21.3. The number of hydrogen-bond acceptors (Lipinski definition) is 3. The van der Waals surface area contributed by atoms with Crippen LogP contribution in [0.15, 0.2) is 30.3 Å². The van der Waals surface area contributed by atoms with E-state index in [0.717, 1.165) is 10.5 Å². The lowest BCUT2D eigenvalue weighted by molar-refractivity contribution is -0.133. The van der Waals surface area contributed by atoms with Crippen molar-refractivity contribution in [2.75, 3.05) is 13.7 Å². The topological polar surface area (TPSA) is 69.6 Å². The predicted molar refractivity (Wildman–Crippen MR) is 87.5 cm³/mol. The van der Waals surface area contributed by atoms with E-state index < -0.39 is 59.1 Å². The number of carbonyl (C=O) groups is 2. The van der Waals surface area contributed by atoms with Crippen molar-refractivity contribution in [1.29, 1.82) is 0 Å². The van der Waals surface area contributed by atoms with Crippen LogP contribution in [0, 0.1) is 29.1 Å². The molecule has 0 aliphatic heterocycles. The molecule has 0 radical (unpaired) electrons. The molecular formula is C18H15F5N2O3. The molecule has 0 bridgehead atoms. The van der Waals surface area contributed by atoms with Crippen molar-refractivity contribution >= 4 is 11.8 Å². The second-order valence-electron chi connectivity index (χ2n) is 5.83. The molecule has 1 unspecified atom stereocenters. The molecule has 0 aliphatic carbocycles. The first-order chi connectivity index (χ1) is 13.2. The standard InChI is InChI=1S/C18H15F5N2O3/c1-25(7-9-5-3-2-4-6-9)18(28)10(8-26)24-17(27)11-12(19)14(21)16(23)15(22)13(11)20/h2-6,10,26H,7-8H2,1H3,(H,24,27). The van der Waals surface area contributed by atoms with Gasteiger partial charge in [0.1, 0.15) is 11.6 Å². The normalized spacial score (nSPS) is 11.8. The second-order valence-corrected chi connectivity index (χ2v) is 5.83. The molecule has 2 N–H and O–H groups in total. The highest BCUT2D eigenvalue weighted by molar-refractivity contribution is 5.98. The Labute approximate surface area is 156 Å². The third-order valence-corrected chi connectivity index (χ3v) is 3.86. The molecule has 0 spiro atoms. The first-order valence-corrected chi connectivity index (χ1v) is 7.91. The number of nitrogens with one attached hydrogen (secondary N) is 1. The number of nitrogens with zero attached hydrogens (tertiary/aromatic N) is 1. The highest BCUT2D eigenvalue weighted by Crippen LogP contribution is 2.23. The predicted octanol–water partition coefficient (Wildman–Crippen LogP) is 2.13. The summed E-state index contributed by atoms with van der Waals surface area (Å²) >= 11 is 0. The van der Waals surface area contributed by atoms with E-state index in [1.165, 1.54) is 7.05 Å². The van der Waals surface area contributed by atoms with Gasteiger partial charge in [-0.1, -0.05) is 30.3 Å². The fraction of sp³-hybridized carbons (Fsp3) is 0.222. The first-order valence-electron chi connectivity index (χ1n) is 7.91. The van der Waals surface area contributed by atoms with E-state index in [2.05, 4.69) is 0 Å². The van der Waals surface area contributed by atoms with E-state index in [4.69, 9.17) is 0 Å². The zero-order valence-electron chi connectivity index (χ0n) is 14.5. The lowest BCUT2D eigenvalue weighted by atomic mass is 10.1. The van der Waals surface area contributed by atoms with Crippen LogP contribution in [0.3, 0.4) is 0 Å². The van der Waals surface area contributed by atoms with Gasteiger partial charge in [0, 0.05) is 13.6 Å². The molecular weight excluding hydrogens is 387 g/mol. The lowest BCUT2D eigenvalue weighted by Crippen LogP contribution is -2.49. The third-order valence-electron chi connectivity index (χ3n) is 3.86.